The largest absolute Gasteiger partial charge is 0.378 e. The summed E-state index contributed by atoms with van der Waals surface area (Å²) in [5.41, 5.74) is 3.80. The van der Waals surface area contributed by atoms with E-state index < -0.39 is 0 Å². The Hall–Kier alpha value is -1.02. The molecule has 2 N–H and O–H groups in total. The van der Waals surface area contributed by atoms with Crippen molar-refractivity contribution in [1.29, 1.82) is 0 Å². The Kier molecular flexibility index (Phi) is 10.3. The number of hydrogen-bond donors (Lipinski definition) is 2. The van der Waals surface area contributed by atoms with Gasteiger partial charge in [0.1, 0.15) is 0 Å². The third-order valence-corrected chi connectivity index (χ3v) is 5.00. The molecule has 0 saturated carbocycles. The maximum atomic E-state index is 4.79. The standard InChI is InChI=1S/C20H35N5.HI/c1-6-21-20(23-15-19-9-8-12-25(19)7-2)22-14-17-10-11-18(24(4)5)13-16(17)3;/h10-11,13,19H,6-9,12,14-15H2,1-5H3,(H2,21,22,23);1H. The Morgan fingerprint density at radius 2 is 2.04 bits per heavy atom. The minimum absolute atomic E-state index is 0. The molecule has 0 aromatic heterocycles. The van der Waals surface area contributed by atoms with Crippen LogP contribution < -0.4 is 15.5 Å². The summed E-state index contributed by atoms with van der Waals surface area (Å²) < 4.78 is 0. The van der Waals surface area contributed by atoms with Gasteiger partial charge in [-0.1, -0.05) is 13.0 Å². The molecule has 0 bridgehead atoms. The maximum Gasteiger partial charge on any atom is 0.191 e. The van der Waals surface area contributed by atoms with E-state index in [9.17, 15) is 0 Å². The van der Waals surface area contributed by atoms with E-state index in [0.29, 0.717) is 12.6 Å². The van der Waals surface area contributed by atoms with Crippen LogP contribution in [0.5, 0.6) is 0 Å². The smallest absolute Gasteiger partial charge is 0.191 e. The number of aliphatic imine (C=N–C) groups is 1. The van der Waals surface area contributed by atoms with Crippen molar-refractivity contribution in [1.82, 2.24) is 15.5 Å². The topological polar surface area (TPSA) is 42.9 Å². The second-order valence-electron chi connectivity index (χ2n) is 7.01. The number of nitrogens with zero attached hydrogens (tertiary/aromatic N) is 3. The fraction of sp³-hybridized carbons (Fsp3) is 0.650. The van der Waals surface area contributed by atoms with Crippen molar-refractivity contribution in [2.45, 2.75) is 46.2 Å². The summed E-state index contributed by atoms with van der Waals surface area (Å²) in [5, 5.41) is 6.91. The highest BCUT2D eigenvalue weighted by Gasteiger charge is 2.22. The molecule has 1 unspecified atom stereocenters. The van der Waals surface area contributed by atoms with Gasteiger partial charge in [0.2, 0.25) is 0 Å². The zero-order chi connectivity index (χ0) is 18.2. The van der Waals surface area contributed by atoms with Gasteiger partial charge >= 0.3 is 0 Å². The fourth-order valence-electron chi connectivity index (χ4n) is 3.40. The number of likely N-dealkylation sites (N-methyl/N-ethyl adjacent to an activating group) is 1. The molecule has 1 aromatic rings. The normalized spacial score (nSPS) is 17.7. The summed E-state index contributed by atoms with van der Waals surface area (Å²) in [6, 6.07) is 7.21. The summed E-state index contributed by atoms with van der Waals surface area (Å²) in [7, 11) is 4.14. The average molecular weight is 473 g/mol. The molecule has 0 radical (unpaired) electrons. The molecule has 1 fully saturated rings. The minimum atomic E-state index is 0. The number of likely N-dealkylation sites (tertiary alicyclic amines) is 1. The number of nitrogens with one attached hydrogen (secondary N) is 2. The molecule has 1 aromatic carbocycles. The molecule has 26 heavy (non-hydrogen) atoms. The van der Waals surface area contributed by atoms with Crippen LogP contribution in [-0.4, -0.2) is 57.2 Å². The molecule has 1 aliphatic rings. The molecule has 5 nitrogen and oxygen atoms in total. The number of rotatable bonds is 7. The van der Waals surface area contributed by atoms with Crippen LogP contribution in [0.15, 0.2) is 23.2 Å². The van der Waals surface area contributed by atoms with E-state index in [1.165, 1.54) is 36.2 Å². The van der Waals surface area contributed by atoms with Crippen LogP contribution in [0.1, 0.15) is 37.8 Å². The molecule has 0 aliphatic carbocycles. The quantitative estimate of drug-likeness (QED) is 0.363. The Labute approximate surface area is 176 Å². The molecule has 1 heterocycles. The van der Waals surface area contributed by atoms with E-state index in [2.05, 4.69) is 73.5 Å². The average Bonchev–Trinajstić information content (AvgIpc) is 3.05. The van der Waals surface area contributed by atoms with E-state index in [1.54, 1.807) is 0 Å². The summed E-state index contributed by atoms with van der Waals surface area (Å²) in [6.45, 7) is 11.4. The molecule has 0 spiro atoms. The van der Waals surface area contributed by atoms with Crippen molar-refractivity contribution < 1.29 is 0 Å². The van der Waals surface area contributed by atoms with E-state index in [0.717, 1.165) is 25.6 Å². The van der Waals surface area contributed by atoms with Gasteiger partial charge in [0, 0.05) is 38.9 Å². The lowest BCUT2D eigenvalue weighted by molar-refractivity contribution is 0.267. The summed E-state index contributed by atoms with van der Waals surface area (Å²) >= 11 is 0. The van der Waals surface area contributed by atoms with Crippen molar-refractivity contribution in [3.05, 3.63) is 29.3 Å². The van der Waals surface area contributed by atoms with Gasteiger partial charge in [-0.2, -0.15) is 0 Å². The van der Waals surface area contributed by atoms with Crippen LogP contribution in [0.25, 0.3) is 0 Å². The van der Waals surface area contributed by atoms with Gasteiger partial charge in [-0.05, 0) is 63.0 Å². The predicted octanol–water partition coefficient (Wildman–Crippen LogP) is 3.22. The number of anilines is 1. The Morgan fingerprint density at radius 3 is 2.65 bits per heavy atom. The molecule has 1 saturated heterocycles. The van der Waals surface area contributed by atoms with Gasteiger partial charge < -0.3 is 15.5 Å². The first kappa shape index (κ1) is 23.0. The summed E-state index contributed by atoms with van der Waals surface area (Å²) in [5.74, 6) is 0.918. The van der Waals surface area contributed by atoms with E-state index in [4.69, 9.17) is 4.99 Å². The highest BCUT2D eigenvalue weighted by molar-refractivity contribution is 14.0. The van der Waals surface area contributed by atoms with Crippen molar-refractivity contribution in [2.75, 3.05) is 45.2 Å². The SMILES string of the molecule is CCNC(=NCc1ccc(N(C)C)cc1C)NCC1CCCN1CC.I. The number of hydrogen-bond acceptors (Lipinski definition) is 3. The number of guanidine groups is 1. The first-order valence-corrected chi connectivity index (χ1v) is 9.58. The lowest BCUT2D eigenvalue weighted by atomic mass is 10.1. The van der Waals surface area contributed by atoms with Crippen molar-refractivity contribution >= 4 is 35.6 Å². The zero-order valence-electron chi connectivity index (χ0n) is 17.0. The zero-order valence-corrected chi connectivity index (χ0v) is 19.3. The lowest BCUT2D eigenvalue weighted by Gasteiger charge is -2.24. The minimum Gasteiger partial charge on any atom is -0.378 e. The molecule has 6 heteroatoms. The van der Waals surface area contributed by atoms with E-state index >= 15 is 0 Å². The summed E-state index contributed by atoms with van der Waals surface area (Å²) in [4.78, 5) is 9.48. The van der Waals surface area contributed by atoms with Crippen LogP contribution in [-0.2, 0) is 6.54 Å². The Bertz CT molecular complexity index is 573. The van der Waals surface area contributed by atoms with Crippen molar-refractivity contribution in [3.63, 3.8) is 0 Å². The van der Waals surface area contributed by atoms with Gasteiger partial charge in [0.15, 0.2) is 5.96 Å². The first-order valence-electron chi connectivity index (χ1n) is 9.58. The second-order valence-corrected chi connectivity index (χ2v) is 7.01. The maximum absolute atomic E-state index is 4.79. The molecule has 1 aliphatic heterocycles. The lowest BCUT2D eigenvalue weighted by Crippen LogP contribution is -2.44. The molecular formula is C20H36IN5. The third kappa shape index (κ3) is 6.61. The van der Waals surface area contributed by atoms with Gasteiger partial charge in [-0.3, -0.25) is 4.90 Å². The Morgan fingerprint density at radius 1 is 1.27 bits per heavy atom. The van der Waals surface area contributed by atoms with Gasteiger partial charge in [0.05, 0.1) is 6.54 Å². The molecule has 1 atom stereocenters. The Balaban J connectivity index is 0.00000338. The van der Waals surface area contributed by atoms with E-state index in [1.807, 2.05) is 0 Å². The highest BCUT2D eigenvalue weighted by atomic mass is 127. The monoisotopic (exact) mass is 473 g/mol. The van der Waals surface area contributed by atoms with E-state index in [-0.39, 0.29) is 24.0 Å². The predicted molar refractivity (Wildman–Crippen MR) is 124 cm³/mol. The van der Waals surface area contributed by atoms with Crippen LogP contribution in [0.2, 0.25) is 0 Å². The fourth-order valence-corrected chi connectivity index (χ4v) is 3.40. The van der Waals surface area contributed by atoms with Crippen LogP contribution >= 0.6 is 24.0 Å². The molecule has 2 rings (SSSR count). The van der Waals surface area contributed by atoms with Crippen molar-refractivity contribution in [3.8, 4) is 0 Å². The highest BCUT2D eigenvalue weighted by Crippen LogP contribution is 2.18. The number of halogens is 1. The van der Waals surface area contributed by atoms with Gasteiger partial charge in [-0.15, -0.1) is 24.0 Å². The van der Waals surface area contributed by atoms with Gasteiger partial charge in [0.25, 0.3) is 0 Å². The van der Waals surface area contributed by atoms with Gasteiger partial charge in [-0.25, -0.2) is 4.99 Å². The van der Waals surface area contributed by atoms with Crippen molar-refractivity contribution in [2.24, 2.45) is 4.99 Å². The number of aryl methyl sites for hydroxylation is 1. The summed E-state index contributed by atoms with van der Waals surface area (Å²) in [6.07, 6.45) is 2.59. The molecule has 0 amide bonds. The molecule has 148 valence electrons. The second kappa shape index (κ2) is 11.6. The third-order valence-electron chi connectivity index (χ3n) is 5.00. The van der Waals surface area contributed by atoms with Crippen LogP contribution in [0, 0.1) is 6.92 Å². The molecular weight excluding hydrogens is 437 g/mol. The number of benzene rings is 1. The van der Waals surface area contributed by atoms with Crippen LogP contribution in [0.3, 0.4) is 0 Å². The van der Waals surface area contributed by atoms with Crippen LogP contribution in [0.4, 0.5) is 5.69 Å². The first-order chi connectivity index (χ1) is 12.0.